The van der Waals surface area contributed by atoms with Crippen molar-refractivity contribution in [3.05, 3.63) is 0 Å². The molecular weight excluding hydrogens is 594 g/mol. The standard InChI is InChI=1S/C38H63N3O6/c1-47-37-20-27-10-15-35(45)31(34(44)5-3-2-4-25-18-28-8-13-30(43)21-33(28)41-23-25)14-9-26(32(27)22-36(37)46)7-12-29(42)11-6-24-16-17-40-38(39)19-24/h24-29,31-34,36-38,40-42,44,46H,2-8,10-13,15-23,39H2,1H3. The van der Waals surface area contributed by atoms with E-state index in [0.717, 1.165) is 70.9 Å². The first kappa shape index (κ1) is 36.9. The molecule has 3 aliphatic carbocycles. The second-order valence-electron chi connectivity index (χ2n) is 15.9. The van der Waals surface area contributed by atoms with Crippen molar-refractivity contribution in [1.82, 2.24) is 10.6 Å². The molecule has 0 aromatic rings. The van der Waals surface area contributed by atoms with E-state index in [-0.39, 0.29) is 35.8 Å². The molecule has 0 radical (unpaired) electrons. The van der Waals surface area contributed by atoms with E-state index in [1.54, 1.807) is 7.11 Å². The Morgan fingerprint density at radius 3 is 2.51 bits per heavy atom. The first-order valence-corrected chi connectivity index (χ1v) is 19.0. The van der Waals surface area contributed by atoms with E-state index in [0.29, 0.717) is 80.9 Å². The van der Waals surface area contributed by atoms with Crippen LogP contribution in [-0.2, 0) is 14.3 Å². The number of methoxy groups -OCH3 is 1. The van der Waals surface area contributed by atoms with Crippen molar-refractivity contribution < 1.29 is 29.6 Å². The van der Waals surface area contributed by atoms with Crippen LogP contribution in [0.2, 0.25) is 0 Å². The van der Waals surface area contributed by atoms with Crippen LogP contribution in [0.1, 0.15) is 116 Å². The van der Waals surface area contributed by atoms with Gasteiger partial charge in [-0.1, -0.05) is 24.7 Å². The molecule has 2 saturated heterocycles. The summed E-state index contributed by atoms with van der Waals surface area (Å²) in [6.45, 7) is 1.90. The van der Waals surface area contributed by atoms with Gasteiger partial charge in [0.2, 0.25) is 0 Å². The number of carbonyl (C=O) groups is 2. The minimum Gasteiger partial charge on any atom is -0.393 e. The van der Waals surface area contributed by atoms with Gasteiger partial charge in [0.15, 0.2) is 0 Å². The van der Waals surface area contributed by atoms with Gasteiger partial charge in [0.05, 0.1) is 30.6 Å². The number of Topliss-reactive ketones (excluding diaryl/α,β-unsaturated/α-hetero) is 2. The number of piperidine rings is 2. The summed E-state index contributed by atoms with van der Waals surface area (Å²) in [5.41, 5.74) is 6.08. The van der Waals surface area contributed by atoms with Crippen molar-refractivity contribution in [2.45, 2.75) is 152 Å². The first-order valence-electron chi connectivity index (χ1n) is 19.0. The number of nitrogens with one attached hydrogen (secondary N) is 2. The fourth-order valence-corrected chi connectivity index (χ4v) is 9.62. The molecule has 4 fully saturated rings. The van der Waals surface area contributed by atoms with E-state index >= 15 is 0 Å². The van der Waals surface area contributed by atoms with Crippen molar-refractivity contribution >= 4 is 11.6 Å². The van der Waals surface area contributed by atoms with Gasteiger partial charge < -0.3 is 36.4 Å². The van der Waals surface area contributed by atoms with Crippen molar-refractivity contribution in [2.24, 2.45) is 47.2 Å². The van der Waals surface area contributed by atoms with Gasteiger partial charge in [0, 0.05) is 38.3 Å². The first-order chi connectivity index (χ1) is 22.7. The maximum absolute atomic E-state index is 13.5. The summed E-state index contributed by atoms with van der Waals surface area (Å²) >= 11 is 0. The quantitative estimate of drug-likeness (QED) is 0.129. The third-order valence-electron chi connectivity index (χ3n) is 12.6. The molecule has 47 heavy (non-hydrogen) atoms. The minimum absolute atomic E-state index is 0.0269. The Bertz CT molecular complexity index is 1080. The van der Waals surface area contributed by atoms with E-state index in [2.05, 4.69) is 22.5 Å². The second kappa shape index (κ2) is 18.0. The zero-order valence-electron chi connectivity index (χ0n) is 28.8. The Kier molecular flexibility index (Phi) is 14.2. The van der Waals surface area contributed by atoms with Crippen LogP contribution in [0.15, 0.2) is 0 Å². The van der Waals surface area contributed by atoms with Crippen LogP contribution >= 0.6 is 0 Å². The maximum atomic E-state index is 13.5. The van der Waals surface area contributed by atoms with Gasteiger partial charge in [-0.05, 0) is 126 Å². The van der Waals surface area contributed by atoms with Crippen molar-refractivity contribution in [2.75, 3.05) is 20.2 Å². The topological polar surface area (TPSA) is 154 Å². The van der Waals surface area contributed by atoms with Crippen LogP contribution in [-0.4, -0.2) is 83.7 Å². The van der Waals surface area contributed by atoms with Gasteiger partial charge in [-0.15, -0.1) is 0 Å². The summed E-state index contributed by atoms with van der Waals surface area (Å²) in [5.74, 6) is 8.51. The molecule has 0 amide bonds. The highest BCUT2D eigenvalue weighted by atomic mass is 16.5. The Morgan fingerprint density at radius 1 is 0.894 bits per heavy atom. The van der Waals surface area contributed by atoms with Crippen molar-refractivity contribution in [1.29, 1.82) is 0 Å². The molecule has 9 nitrogen and oxygen atoms in total. The summed E-state index contributed by atoms with van der Waals surface area (Å²) in [7, 11) is 1.64. The zero-order chi connectivity index (χ0) is 33.3. The fraction of sp³-hybridized carbons (Fsp3) is 0.895. The number of hydrogen-bond donors (Lipinski definition) is 6. The highest BCUT2D eigenvalue weighted by Gasteiger charge is 2.41. The van der Waals surface area contributed by atoms with Gasteiger partial charge in [0.25, 0.3) is 0 Å². The summed E-state index contributed by atoms with van der Waals surface area (Å²) in [6.07, 6.45) is 12.7. The molecule has 13 unspecified atom stereocenters. The normalized spacial score (nSPS) is 39.3. The van der Waals surface area contributed by atoms with Crippen LogP contribution < -0.4 is 16.4 Å². The van der Waals surface area contributed by atoms with Gasteiger partial charge in [0.1, 0.15) is 17.5 Å². The lowest BCUT2D eigenvalue weighted by atomic mass is 9.68. The Balaban J connectivity index is 1.15. The Hall–Kier alpha value is -1.38. The van der Waals surface area contributed by atoms with Crippen LogP contribution in [0.25, 0.3) is 0 Å². The van der Waals surface area contributed by atoms with Gasteiger partial charge in [-0.3, -0.25) is 9.59 Å². The molecule has 5 aliphatic rings. The number of ketones is 2. The second-order valence-corrected chi connectivity index (χ2v) is 15.9. The van der Waals surface area contributed by atoms with E-state index in [9.17, 15) is 24.9 Å². The molecule has 0 aromatic carbocycles. The van der Waals surface area contributed by atoms with Crippen LogP contribution in [0.4, 0.5) is 0 Å². The molecule has 0 aromatic heterocycles. The van der Waals surface area contributed by atoms with Gasteiger partial charge in [-0.2, -0.15) is 0 Å². The third-order valence-corrected chi connectivity index (χ3v) is 12.6. The van der Waals surface area contributed by atoms with E-state index < -0.39 is 24.2 Å². The Morgan fingerprint density at radius 2 is 1.70 bits per heavy atom. The number of carbonyl (C=O) groups excluding carboxylic acids is 2. The number of fused-ring (bicyclic) bond motifs is 2. The molecule has 7 N–H and O–H groups in total. The van der Waals surface area contributed by atoms with Crippen LogP contribution in [0.5, 0.6) is 0 Å². The Labute approximate surface area is 282 Å². The number of nitrogens with two attached hydrogens (primary N) is 1. The van der Waals surface area contributed by atoms with Crippen molar-refractivity contribution in [3.63, 3.8) is 0 Å². The predicted octanol–water partition coefficient (Wildman–Crippen LogP) is 3.46. The average Bonchev–Trinajstić information content (AvgIpc) is 3.12. The number of ether oxygens (including phenoxy) is 1. The number of rotatable bonds is 13. The molecule has 2 aliphatic heterocycles. The number of aliphatic hydroxyl groups excluding tert-OH is 3. The maximum Gasteiger partial charge on any atom is 0.150 e. The summed E-state index contributed by atoms with van der Waals surface area (Å²) in [4.78, 5) is 25.3. The van der Waals surface area contributed by atoms with Gasteiger partial charge in [-0.25, -0.2) is 0 Å². The molecule has 9 heteroatoms. The number of aliphatic hydroxyl groups is 3. The predicted molar refractivity (Wildman–Crippen MR) is 182 cm³/mol. The lowest BCUT2D eigenvalue weighted by molar-refractivity contribution is -0.125. The molecule has 0 spiro atoms. The van der Waals surface area contributed by atoms with Gasteiger partial charge >= 0.3 is 0 Å². The lowest BCUT2D eigenvalue weighted by Crippen LogP contribution is -2.48. The largest absolute Gasteiger partial charge is 0.393 e. The monoisotopic (exact) mass is 657 g/mol. The van der Waals surface area contributed by atoms with Crippen LogP contribution in [0, 0.1) is 53.3 Å². The molecular formula is C38H63N3O6. The van der Waals surface area contributed by atoms with E-state index in [4.69, 9.17) is 10.5 Å². The average molecular weight is 658 g/mol. The summed E-state index contributed by atoms with van der Waals surface area (Å²) in [5, 5.41) is 40.1. The number of unbranched alkanes of at least 4 members (excludes halogenated alkanes) is 1. The number of hydrogen-bond acceptors (Lipinski definition) is 9. The molecule has 2 saturated carbocycles. The SMILES string of the molecule is COC1CC2CCC(=O)C(C(O)CCCCC3CNC4CC(=O)CCC4C3)C#CC(CCC(O)CCC3CCNC(N)C3)C2CC1O. The minimum atomic E-state index is -0.784. The molecule has 0 bridgehead atoms. The van der Waals surface area contributed by atoms with E-state index in [1.165, 1.54) is 6.42 Å². The molecule has 2 heterocycles. The van der Waals surface area contributed by atoms with E-state index in [1.807, 2.05) is 0 Å². The lowest BCUT2D eigenvalue weighted by Gasteiger charge is -2.41. The highest BCUT2D eigenvalue weighted by molar-refractivity contribution is 5.84. The summed E-state index contributed by atoms with van der Waals surface area (Å²) in [6, 6.07) is 0.362. The zero-order valence-corrected chi connectivity index (χ0v) is 28.8. The van der Waals surface area contributed by atoms with Crippen LogP contribution in [0.3, 0.4) is 0 Å². The molecule has 13 atom stereocenters. The smallest absolute Gasteiger partial charge is 0.150 e. The summed E-state index contributed by atoms with van der Waals surface area (Å²) < 4.78 is 5.62. The molecule has 266 valence electrons. The molecule has 5 rings (SSSR count). The fourth-order valence-electron chi connectivity index (χ4n) is 9.62. The highest BCUT2D eigenvalue weighted by Crippen LogP contribution is 2.42. The third kappa shape index (κ3) is 10.6. The van der Waals surface area contributed by atoms with Crippen molar-refractivity contribution in [3.8, 4) is 11.8 Å².